The lowest BCUT2D eigenvalue weighted by atomic mass is 9.87. The largest absolute Gasteiger partial charge is 0.490 e. The molecule has 0 bridgehead atoms. The van der Waals surface area contributed by atoms with E-state index < -0.39 is 5.91 Å². The summed E-state index contributed by atoms with van der Waals surface area (Å²) in [6.45, 7) is 11.3. The zero-order chi connectivity index (χ0) is 25.2. The van der Waals surface area contributed by atoms with E-state index in [1.807, 2.05) is 50.2 Å². The summed E-state index contributed by atoms with van der Waals surface area (Å²) in [5, 5.41) is 15.7. The fourth-order valence-corrected chi connectivity index (χ4v) is 4.38. The van der Waals surface area contributed by atoms with E-state index in [1.165, 1.54) is 22.3 Å². The van der Waals surface area contributed by atoms with Gasteiger partial charge in [0.1, 0.15) is 29.8 Å². The van der Waals surface area contributed by atoms with Crippen LogP contribution in [0.1, 0.15) is 45.7 Å². The number of thioether (sulfide) groups is 1. The predicted octanol–water partition coefficient (Wildman–Crippen LogP) is 5.72. The van der Waals surface area contributed by atoms with Gasteiger partial charge in [-0.2, -0.15) is 15.1 Å². The van der Waals surface area contributed by atoms with Crippen LogP contribution in [-0.4, -0.2) is 40.2 Å². The third-order valence-corrected chi connectivity index (χ3v) is 6.72. The van der Waals surface area contributed by atoms with Crippen molar-refractivity contribution in [1.29, 1.82) is 5.41 Å². The fraction of sp³-hybridized carbons (Fsp3) is 0.333. The van der Waals surface area contributed by atoms with Gasteiger partial charge in [0.25, 0.3) is 5.91 Å². The van der Waals surface area contributed by atoms with Gasteiger partial charge in [-0.1, -0.05) is 65.0 Å². The van der Waals surface area contributed by atoms with Crippen LogP contribution in [0.2, 0.25) is 0 Å². The average molecular weight is 491 g/mol. The number of amides is 1. The molecule has 182 valence electrons. The van der Waals surface area contributed by atoms with E-state index in [9.17, 15) is 4.79 Å². The second-order valence-electron chi connectivity index (χ2n) is 9.62. The minimum absolute atomic E-state index is 0.0139. The van der Waals surface area contributed by atoms with Crippen molar-refractivity contribution < 1.29 is 14.3 Å². The summed E-state index contributed by atoms with van der Waals surface area (Å²) in [5.74, 6) is 1.14. The first-order valence-corrected chi connectivity index (χ1v) is 12.4. The molecular formula is C27H30N4O3S. The molecule has 2 aromatic carbocycles. The second-order valence-corrected chi connectivity index (χ2v) is 10.6. The zero-order valence-electron chi connectivity index (χ0n) is 20.7. The molecule has 2 heterocycles. The van der Waals surface area contributed by atoms with E-state index in [-0.39, 0.29) is 22.7 Å². The molecule has 1 N–H and O–H groups in total. The Kier molecular flexibility index (Phi) is 7.12. The van der Waals surface area contributed by atoms with Crippen molar-refractivity contribution >= 4 is 39.8 Å². The number of aliphatic imine (C=N–C) groups is 1. The Morgan fingerprint density at radius 3 is 2.43 bits per heavy atom. The van der Waals surface area contributed by atoms with Gasteiger partial charge in [0.05, 0.1) is 5.57 Å². The van der Waals surface area contributed by atoms with Crippen molar-refractivity contribution in [2.45, 2.75) is 40.0 Å². The summed E-state index contributed by atoms with van der Waals surface area (Å²) >= 11 is 1.33. The third kappa shape index (κ3) is 5.65. The second kappa shape index (κ2) is 10.1. The molecule has 0 atom stereocenters. The molecular weight excluding hydrogens is 460 g/mol. The molecule has 0 aliphatic carbocycles. The Hall–Kier alpha value is -3.39. The molecule has 0 aromatic heterocycles. The van der Waals surface area contributed by atoms with Crippen molar-refractivity contribution in [3.05, 3.63) is 65.2 Å². The number of benzene rings is 2. The van der Waals surface area contributed by atoms with Crippen molar-refractivity contribution in [3.8, 4) is 11.5 Å². The Balaban J connectivity index is 1.42. The molecule has 35 heavy (non-hydrogen) atoms. The minimum Gasteiger partial charge on any atom is -0.490 e. The third-order valence-electron chi connectivity index (χ3n) is 5.51. The number of ether oxygens (including phenoxy) is 2. The molecule has 2 aliphatic heterocycles. The molecule has 2 aromatic rings. The smallest absolute Gasteiger partial charge is 0.283 e. The number of nitrogens with one attached hydrogen (secondary N) is 1. The van der Waals surface area contributed by atoms with E-state index in [0.29, 0.717) is 29.7 Å². The first kappa shape index (κ1) is 24.7. The quantitative estimate of drug-likeness (QED) is 0.396. The van der Waals surface area contributed by atoms with Gasteiger partial charge < -0.3 is 9.47 Å². The number of rotatable bonds is 7. The van der Waals surface area contributed by atoms with Gasteiger partial charge in [-0.25, -0.2) is 0 Å². The van der Waals surface area contributed by atoms with E-state index >= 15 is 0 Å². The van der Waals surface area contributed by atoms with E-state index in [1.54, 1.807) is 6.08 Å². The van der Waals surface area contributed by atoms with E-state index in [2.05, 4.69) is 43.0 Å². The van der Waals surface area contributed by atoms with Crippen LogP contribution in [0.5, 0.6) is 11.5 Å². The number of amidine groups is 2. The summed E-state index contributed by atoms with van der Waals surface area (Å²) in [4.78, 5) is 16.8. The number of fused-ring (bicyclic) bond motifs is 1. The standard InChI is InChI=1S/C27H30N4O3S/c1-17(2)25-30-31-23(28)21(24(32)29-26(31)35-25)16-18-8-6-7-9-22(18)34-15-14-33-20-12-10-19(11-13-20)27(3,4)5/h6-13,16-17,28H,14-15H2,1-5H3/b21-16-,28-23?. The zero-order valence-corrected chi connectivity index (χ0v) is 21.5. The summed E-state index contributed by atoms with van der Waals surface area (Å²) < 4.78 is 11.8. The molecule has 4 rings (SSSR count). The molecule has 8 heteroatoms. The first-order valence-electron chi connectivity index (χ1n) is 11.6. The normalized spacial score (nSPS) is 17.0. The van der Waals surface area contributed by atoms with E-state index in [4.69, 9.17) is 14.9 Å². The SMILES string of the molecule is CC(C)C1=NN2C(=N)/C(=C/c3ccccc3OCCOc3ccc(C(C)(C)C)cc3)C(=O)N=C2S1. The highest BCUT2D eigenvalue weighted by Gasteiger charge is 2.36. The molecule has 0 fully saturated rings. The Bertz CT molecular complexity index is 1220. The van der Waals surface area contributed by atoms with Gasteiger partial charge in [0.15, 0.2) is 5.84 Å². The van der Waals surface area contributed by atoms with Crippen LogP contribution in [0.15, 0.2) is 64.2 Å². The van der Waals surface area contributed by atoms with Crippen molar-refractivity contribution in [3.63, 3.8) is 0 Å². The Labute approximate surface area is 210 Å². The molecule has 0 unspecified atom stereocenters. The number of hydrazone groups is 1. The van der Waals surface area contributed by atoms with Crippen molar-refractivity contribution in [1.82, 2.24) is 5.01 Å². The topological polar surface area (TPSA) is 87.3 Å². The van der Waals surface area contributed by atoms with Crippen LogP contribution in [0.4, 0.5) is 0 Å². The van der Waals surface area contributed by atoms with Crippen molar-refractivity contribution in [2.24, 2.45) is 16.0 Å². The number of hydrogen-bond acceptors (Lipinski definition) is 6. The van der Waals surface area contributed by atoms with Crippen LogP contribution < -0.4 is 9.47 Å². The minimum atomic E-state index is -0.453. The average Bonchev–Trinajstić information content (AvgIpc) is 3.24. The summed E-state index contributed by atoms with van der Waals surface area (Å²) in [6, 6.07) is 15.5. The van der Waals surface area contributed by atoms with Gasteiger partial charge in [0.2, 0.25) is 5.17 Å². The van der Waals surface area contributed by atoms with Crippen molar-refractivity contribution in [2.75, 3.05) is 13.2 Å². The molecule has 0 saturated carbocycles. The Morgan fingerprint density at radius 2 is 1.74 bits per heavy atom. The summed E-state index contributed by atoms with van der Waals surface area (Å²) in [5.41, 5.74) is 2.21. The fourth-order valence-electron chi connectivity index (χ4n) is 3.49. The maximum atomic E-state index is 12.7. The van der Waals surface area contributed by atoms with Crippen LogP contribution in [0.25, 0.3) is 6.08 Å². The highest BCUT2D eigenvalue weighted by atomic mass is 32.2. The highest BCUT2D eigenvalue weighted by molar-refractivity contribution is 8.27. The van der Waals surface area contributed by atoms with E-state index in [0.717, 1.165) is 10.8 Å². The number of nitrogens with zero attached hydrogens (tertiary/aromatic N) is 3. The summed E-state index contributed by atoms with van der Waals surface area (Å²) in [7, 11) is 0. The lowest BCUT2D eigenvalue weighted by molar-refractivity contribution is -0.114. The summed E-state index contributed by atoms with van der Waals surface area (Å²) in [6.07, 6.45) is 1.64. The highest BCUT2D eigenvalue weighted by Crippen LogP contribution is 2.32. The van der Waals surface area contributed by atoms with Gasteiger partial charge >= 0.3 is 0 Å². The molecule has 1 amide bonds. The molecule has 7 nitrogen and oxygen atoms in total. The van der Waals surface area contributed by atoms with Crippen LogP contribution in [0, 0.1) is 11.3 Å². The molecule has 0 radical (unpaired) electrons. The molecule has 0 saturated heterocycles. The number of hydrogen-bond donors (Lipinski definition) is 1. The van der Waals surface area contributed by atoms with Crippen LogP contribution in [-0.2, 0) is 10.2 Å². The maximum absolute atomic E-state index is 12.7. The first-order chi connectivity index (χ1) is 16.6. The van der Waals surface area contributed by atoms with Gasteiger partial charge in [-0.05, 0) is 47.0 Å². The monoisotopic (exact) mass is 490 g/mol. The Morgan fingerprint density at radius 1 is 1.06 bits per heavy atom. The molecule has 0 spiro atoms. The van der Waals surface area contributed by atoms with Gasteiger partial charge in [-0.15, -0.1) is 0 Å². The van der Waals surface area contributed by atoms with Crippen LogP contribution >= 0.6 is 11.8 Å². The van der Waals surface area contributed by atoms with Crippen LogP contribution in [0.3, 0.4) is 0 Å². The predicted molar refractivity (Wildman–Crippen MR) is 142 cm³/mol. The number of carbonyl (C=O) groups is 1. The lowest BCUT2D eigenvalue weighted by Crippen LogP contribution is -2.35. The number of carbonyl (C=O) groups excluding carboxylic acids is 1. The van der Waals surface area contributed by atoms with Gasteiger partial charge in [0, 0.05) is 11.5 Å². The lowest BCUT2D eigenvalue weighted by Gasteiger charge is -2.20. The van der Waals surface area contributed by atoms with Gasteiger partial charge in [-0.3, -0.25) is 10.2 Å². The number of para-hydroxylation sites is 1. The molecule has 2 aliphatic rings. The maximum Gasteiger partial charge on any atom is 0.283 e.